The lowest BCUT2D eigenvalue weighted by Crippen LogP contribution is -1.87. The first-order valence-corrected chi connectivity index (χ1v) is 8.98. The summed E-state index contributed by atoms with van der Waals surface area (Å²) in [6.07, 6.45) is 1.91. The standard InChI is InChI=1S/C10H9NO.C8H8N2.2C2H6.3H2/c12-11-10-6-5-8-3-1-2-4-9(8)7-10;9-7-1-2-8-6(5-7)3-4-10-8;2*1-2;;;/h1-7,11-12H;1-5,10H,9H2;2*1-2H3;3*1H. The summed E-state index contributed by atoms with van der Waals surface area (Å²) in [6.45, 7) is 8.00. The molecular weight excluding hydrogens is 322 g/mol. The van der Waals surface area contributed by atoms with Crippen molar-refractivity contribution in [1.82, 2.24) is 4.98 Å². The number of nitrogen functional groups attached to an aromatic ring is 1. The van der Waals surface area contributed by atoms with Gasteiger partial charge in [-0.25, -0.2) is 0 Å². The molecule has 0 amide bonds. The van der Waals surface area contributed by atoms with Crippen LogP contribution in [-0.2, 0) is 0 Å². The number of rotatable bonds is 1. The highest BCUT2D eigenvalue weighted by molar-refractivity contribution is 5.85. The van der Waals surface area contributed by atoms with Crippen LogP contribution in [0, 0.1) is 0 Å². The van der Waals surface area contributed by atoms with Gasteiger partial charge in [-0.15, -0.1) is 0 Å². The Morgan fingerprint density at radius 2 is 1.50 bits per heavy atom. The number of fused-ring (bicyclic) bond motifs is 2. The summed E-state index contributed by atoms with van der Waals surface area (Å²) in [6, 6.07) is 21.5. The molecule has 144 valence electrons. The topological polar surface area (TPSA) is 74.1 Å². The van der Waals surface area contributed by atoms with Gasteiger partial charge in [0, 0.05) is 27.1 Å². The number of hydrogen-bond acceptors (Lipinski definition) is 3. The van der Waals surface area contributed by atoms with Crippen LogP contribution in [0.25, 0.3) is 21.7 Å². The van der Waals surface area contributed by atoms with E-state index in [1.54, 1.807) is 0 Å². The van der Waals surface area contributed by atoms with Gasteiger partial charge < -0.3 is 10.7 Å². The molecule has 0 saturated heterocycles. The Balaban J connectivity index is -0.000000369. The predicted molar refractivity (Wildman–Crippen MR) is 121 cm³/mol. The van der Waals surface area contributed by atoms with Crippen molar-refractivity contribution >= 4 is 33.1 Å². The molecule has 0 fully saturated rings. The van der Waals surface area contributed by atoms with Gasteiger partial charge in [0.05, 0.1) is 5.69 Å². The van der Waals surface area contributed by atoms with E-state index in [2.05, 4.69) is 10.5 Å². The molecule has 4 heteroatoms. The normalized spacial score (nSPS) is 9.12. The molecule has 0 aliphatic carbocycles. The first kappa shape index (κ1) is 21.1. The van der Waals surface area contributed by atoms with E-state index >= 15 is 0 Å². The lowest BCUT2D eigenvalue weighted by atomic mass is 10.1. The second-order valence-electron chi connectivity index (χ2n) is 5.00. The van der Waals surface area contributed by atoms with E-state index in [0.29, 0.717) is 5.69 Å². The van der Waals surface area contributed by atoms with Crippen LogP contribution >= 0.6 is 0 Å². The Morgan fingerprint density at radius 1 is 0.808 bits per heavy atom. The first-order chi connectivity index (χ1) is 12.8. The van der Waals surface area contributed by atoms with Crippen molar-refractivity contribution in [3.05, 3.63) is 72.9 Å². The lowest BCUT2D eigenvalue weighted by Gasteiger charge is -2.00. The Labute approximate surface area is 160 Å². The summed E-state index contributed by atoms with van der Waals surface area (Å²) in [5.41, 5.74) is 10.4. The van der Waals surface area contributed by atoms with Crippen molar-refractivity contribution in [2.24, 2.45) is 0 Å². The van der Waals surface area contributed by atoms with Crippen LogP contribution in [0.5, 0.6) is 0 Å². The Hall–Kier alpha value is -2.98. The number of anilines is 2. The predicted octanol–water partition coefficient (Wildman–Crippen LogP) is 7.18. The highest BCUT2D eigenvalue weighted by Gasteiger charge is 1.93. The third-order valence-electron chi connectivity index (χ3n) is 3.46. The smallest absolute Gasteiger partial charge is 0.0608 e. The molecule has 0 aliphatic heterocycles. The molecule has 0 unspecified atom stereocenters. The Morgan fingerprint density at radius 3 is 2.19 bits per heavy atom. The fourth-order valence-corrected chi connectivity index (χ4v) is 2.33. The van der Waals surface area contributed by atoms with E-state index in [9.17, 15) is 0 Å². The third-order valence-corrected chi connectivity index (χ3v) is 3.46. The lowest BCUT2D eigenvalue weighted by molar-refractivity contribution is 0.389. The molecule has 0 saturated carbocycles. The van der Waals surface area contributed by atoms with Crippen molar-refractivity contribution in [2.45, 2.75) is 27.7 Å². The molecular formula is C22H35N3O. The zero-order valence-electron chi connectivity index (χ0n) is 16.0. The maximum absolute atomic E-state index is 8.65. The average molecular weight is 358 g/mol. The Kier molecular flexibility index (Phi) is 9.36. The summed E-state index contributed by atoms with van der Waals surface area (Å²) in [4.78, 5) is 3.09. The van der Waals surface area contributed by atoms with Crippen LogP contribution in [0.2, 0.25) is 0 Å². The van der Waals surface area contributed by atoms with Crippen LogP contribution in [-0.4, -0.2) is 10.2 Å². The molecule has 4 rings (SSSR count). The van der Waals surface area contributed by atoms with Gasteiger partial charge in [0.1, 0.15) is 0 Å². The fraction of sp³-hybridized carbons (Fsp3) is 0.182. The summed E-state index contributed by atoms with van der Waals surface area (Å²) in [7, 11) is 0. The zero-order valence-corrected chi connectivity index (χ0v) is 16.0. The SMILES string of the molecule is CC.CC.Nc1ccc2[nH]ccc2c1.ONc1ccc2ccccc2c1.[HH].[HH].[HH]. The minimum atomic E-state index is 0. The molecule has 4 aromatic rings. The molecule has 3 aromatic carbocycles. The number of aromatic amines is 1. The minimum absolute atomic E-state index is 0. The summed E-state index contributed by atoms with van der Waals surface area (Å²) >= 11 is 0. The number of nitrogens with two attached hydrogens (primary N) is 1. The molecule has 1 aromatic heterocycles. The van der Waals surface area contributed by atoms with Crippen LogP contribution < -0.4 is 11.2 Å². The molecule has 0 radical (unpaired) electrons. The minimum Gasteiger partial charge on any atom is -0.399 e. The second kappa shape index (κ2) is 11.6. The number of benzene rings is 3. The van der Waals surface area contributed by atoms with Crippen LogP contribution in [0.1, 0.15) is 32.0 Å². The number of aromatic nitrogens is 1. The highest BCUT2D eigenvalue weighted by Crippen LogP contribution is 2.18. The van der Waals surface area contributed by atoms with Crippen molar-refractivity contribution in [3.8, 4) is 0 Å². The van der Waals surface area contributed by atoms with Gasteiger partial charge >= 0.3 is 0 Å². The van der Waals surface area contributed by atoms with E-state index in [4.69, 9.17) is 10.9 Å². The van der Waals surface area contributed by atoms with E-state index in [0.717, 1.165) is 16.6 Å². The highest BCUT2D eigenvalue weighted by atomic mass is 16.5. The maximum atomic E-state index is 8.65. The largest absolute Gasteiger partial charge is 0.399 e. The van der Waals surface area contributed by atoms with Crippen molar-refractivity contribution < 1.29 is 9.49 Å². The molecule has 0 bridgehead atoms. The first-order valence-electron chi connectivity index (χ1n) is 8.98. The van der Waals surface area contributed by atoms with Gasteiger partial charge in [0.25, 0.3) is 0 Å². The van der Waals surface area contributed by atoms with Crippen molar-refractivity contribution in [2.75, 3.05) is 11.2 Å². The molecule has 5 N–H and O–H groups in total. The quantitative estimate of drug-likeness (QED) is 0.215. The summed E-state index contributed by atoms with van der Waals surface area (Å²) in [5.74, 6) is 0. The van der Waals surface area contributed by atoms with Gasteiger partial charge in [-0.1, -0.05) is 58.0 Å². The van der Waals surface area contributed by atoms with E-state index < -0.39 is 0 Å². The van der Waals surface area contributed by atoms with Gasteiger partial charge in [-0.2, -0.15) is 0 Å². The maximum Gasteiger partial charge on any atom is 0.0608 e. The molecule has 1 heterocycles. The van der Waals surface area contributed by atoms with Gasteiger partial charge in [0.15, 0.2) is 0 Å². The number of H-pyrrole nitrogens is 1. The van der Waals surface area contributed by atoms with E-state index in [1.165, 1.54) is 10.8 Å². The third kappa shape index (κ3) is 5.83. The number of hydrogen-bond donors (Lipinski definition) is 4. The van der Waals surface area contributed by atoms with Gasteiger partial charge in [0.2, 0.25) is 0 Å². The van der Waals surface area contributed by atoms with Crippen molar-refractivity contribution in [3.63, 3.8) is 0 Å². The van der Waals surface area contributed by atoms with Crippen LogP contribution in [0.4, 0.5) is 11.4 Å². The monoisotopic (exact) mass is 357 g/mol. The van der Waals surface area contributed by atoms with E-state index in [-0.39, 0.29) is 4.28 Å². The fourth-order valence-electron chi connectivity index (χ4n) is 2.33. The van der Waals surface area contributed by atoms with Gasteiger partial charge in [-0.05, 0) is 47.2 Å². The van der Waals surface area contributed by atoms with Crippen molar-refractivity contribution in [1.29, 1.82) is 0 Å². The molecule has 0 aliphatic rings. The Bertz CT molecular complexity index is 914. The second-order valence-corrected chi connectivity index (χ2v) is 5.00. The molecule has 26 heavy (non-hydrogen) atoms. The molecule has 4 nitrogen and oxygen atoms in total. The summed E-state index contributed by atoms with van der Waals surface area (Å²) < 4.78 is 0. The van der Waals surface area contributed by atoms with Crippen LogP contribution in [0.15, 0.2) is 72.9 Å². The molecule has 0 atom stereocenters. The zero-order chi connectivity index (χ0) is 19.4. The average Bonchev–Trinajstić information content (AvgIpc) is 3.19. The molecule has 0 spiro atoms. The summed E-state index contributed by atoms with van der Waals surface area (Å²) in [5, 5.41) is 12.1. The van der Waals surface area contributed by atoms with Crippen LogP contribution in [0.3, 0.4) is 0 Å². The van der Waals surface area contributed by atoms with Gasteiger partial charge in [-0.3, -0.25) is 10.7 Å². The number of nitrogens with one attached hydrogen (secondary N) is 2. The van der Waals surface area contributed by atoms with E-state index in [1.807, 2.05) is 101 Å².